The molecule has 5 heteroatoms. The smallest absolute Gasteiger partial charge is 0.224 e. The van der Waals surface area contributed by atoms with E-state index in [0.717, 1.165) is 11.6 Å². The Kier molecular flexibility index (Phi) is 4.30. The minimum Gasteiger partial charge on any atom is -0.399 e. The molecule has 0 aliphatic rings. The third-order valence-electron chi connectivity index (χ3n) is 2.82. The molecule has 0 heterocycles. The number of nitrogen functional groups attached to an aromatic ring is 1. The normalized spacial score (nSPS) is 10.3. The highest BCUT2D eigenvalue weighted by atomic mass is 19.2. The first kappa shape index (κ1) is 14.0. The van der Waals surface area contributed by atoms with Crippen molar-refractivity contribution in [2.75, 3.05) is 11.1 Å². The summed E-state index contributed by atoms with van der Waals surface area (Å²) >= 11 is 0. The monoisotopic (exact) mass is 276 g/mol. The number of rotatable bonds is 4. The number of halogens is 2. The van der Waals surface area contributed by atoms with Crippen molar-refractivity contribution in [2.24, 2.45) is 0 Å². The highest BCUT2D eigenvalue weighted by molar-refractivity contribution is 5.90. The molecule has 3 nitrogen and oxygen atoms in total. The molecule has 104 valence electrons. The van der Waals surface area contributed by atoms with Crippen molar-refractivity contribution in [2.45, 2.75) is 12.8 Å². The molecule has 2 aromatic carbocycles. The van der Waals surface area contributed by atoms with Crippen molar-refractivity contribution in [3.05, 3.63) is 59.7 Å². The Hall–Kier alpha value is -2.43. The summed E-state index contributed by atoms with van der Waals surface area (Å²) in [5.41, 5.74) is 7.02. The fourth-order valence-corrected chi connectivity index (χ4v) is 1.82. The van der Waals surface area contributed by atoms with Gasteiger partial charge in [0.2, 0.25) is 5.91 Å². The fraction of sp³-hybridized carbons (Fsp3) is 0.133. The molecule has 2 aromatic rings. The molecule has 3 N–H and O–H groups in total. The molecule has 0 aliphatic carbocycles. The highest BCUT2D eigenvalue weighted by Crippen LogP contribution is 2.17. The van der Waals surface area contributed by atoms with E-state index in [1.165, 1.54) is 12.1 Å². The Morgan fingerprint density at radius 3 is 2.65 bits per heavy atom. The molecule has 0 aliphatic heterocycles. The zero-order valence-electron chi connectivity index (χ0n) is 10.7. The Balaban J connectivity index is 1.94. The van der Waals surface area contributed by atoms with Crippen molar-refractivity contribution in [1.82, 2.24) is 0 Å². The van der Waals surface area contributed by atoms with E-state index in [1.807, 2.05) is 6.07 Å². The first-order valence-electron chi connectivity index (χ1n) is 6.14. The number of amides is 1. The van der Waals surface area contributed by atoms with Crippen LogP contribution in [0.2, 0.25) is 0 Å². The molecule has 1 amide bonds. The zero-order chi connectivity index (χ0) is 14.5. The lowest BCUT2D eigenvalue weighted by molar-refractivity contribution is -0.116. The maximum absolute atomic E-state index is 13.4. The predicted molar refractivity (Wildman–Crippen MR) is 74.2 cm³/mol. The molecule has 0 saturated carbocycles. The van der Waals surface area contributed by atoms with Gasteiger partial charge in [-0.3, -0.25) is 4.79 Å². The minimum atomic E-state index is -1.05. The number of nitrogens with one attached hydrogen (secondary N) is 1. The predicted octanol–water partition coefficient (Wildman–Crippen LogP) is 3.12. The molecule has 0 unspecified atom stereocenters. The van der Waals surface area contributed by atoms with Gasteiger partial charge in [-0.05, 0) is 36.2 Å². The maximum atomic E-state index is 13.4. The van der Waals surface area contributed by atoms with Gasteiger partial charge < -0.3 is 11.1 Å². The number of anilines is 2. The number of benzene rings is 2. The summed E-state index contributed by atoms with van der Waals surface area (Å²) in [7, 11) is 0. The average molecular weight is 276 g/mol. The molecule has 2 rings (SSSR count). The van der Waals surface area contributed by atoms with Gasteiger partial charge in [-0.15, -0.1) is 0 Å². The molecule has 0 saturated heterocycles. The van der Waals surface area contributed by atoms with Gasteiger partial charge >= 0.3 is 0 Å². The molecule has 0 bridgehead atoms. The summed E-state index contributed by atoms with van der Waals surface area (Å²) in [5.74, 6) is -2.42. The zero-order valence-corrected chi connectivity index (χ0v) is 10.7. The van der Waals surface area contributed by atoms with Crippen molar-refractivity contribution >= 4 is 17.3 Å². The summed E-state index contributed by atoms with van der Waals surface area (Å²) in [4.78, 5) is 11.7. The molecule has 20 heavy (non-hydrogen) atoms. The van der Waals surface area contributed by atoms with Crippen LogP contribution in [0.4, 0.5) is 20.2 Å². The SMILES string of the molecule is Nc1cccc(CCC(=O)Nc2cccc(F)c2F)c1. The van der Waals surface area contributed by atoms with Crippen LogP contribution in [0.5, 0.6) is 0 Å². The number of hydrogen-bond donors (Lipinski definition) is 2. The molecular formula is C15H14F2N2O. The third kappa shape index (κ3) is 3.54. The number of carbonyl (C=O) groups excluding carboxylic acids is 1. The summed E-state index contributed by atoms with van der Waals surface area (Å²) < 4.78 is 26.4. The van der Waals surface area contributed by atoms with Crippen LogP contribution < -0.4 is 11.1 Å². The van der Waals surface area contributed by atoms with Gasteiger partial charge in [-0.2, -0.15) is 0 Å². The largest absolute Gasteiger partial charge is 0.399 e. The summed E-state index contributed by atoms with van der Waals surface area (Å²) in [6, 6.07) is 10.8. The lowest BCUT2D eigenvalue weighted by Crippen LogP contribution is -2.13. The van der Waals surface area contributed by atoms with Crippen molar-refractivity contribution in [3.8, 4) is 0 Å². The fourth-order valence-electron chi connectivity index (χ4n) is 1.82. The van der Waals surface area contributed by atoms with Gasteiger partial charge in [0.15, 0.2) is 11.6 Å². The van der Waals surface area contributed by atoms with Crippen molar-refractivity contribution in [1.29, 1.82) is 0 Å². The van der Waals surface area contributed by atoms with Crippen LogP contribution in [0.3, 0.4) is 0 Å². The van der Waals surface area contributed by atoms with Crippen LogP contribution in [0.1, 0.15) is 12.0 Å². The van der Waals surface area contributed by atoms with E-state index in [4.69, 9.17) is 5.73 Å². The number of carbonyl (C=O) groups is 1. The number of nitrogens with two attached hydrogens (primary N) is 1. The maximum Gasteiger partial charge on any atom is 0.224 e. The summed E-state index contributed by atoms with van der Waals surface area (Å²) in [6.45, 7) is 0. The Morgan fingerprint density at radius 2 is 1.90 bits per heavy atom. The van der Waals surface area contributed by atoms with E-state index < -0.39 is 11.6 Å². The van der Waals surface area contributed by atoms with Gasteiger partial charge in [-0.25, -0.2) is 8.78 Å². The first-order chi connectivity index (χ1) is 9.56. The van der Waals surface area contributed by atoms with Crippen LogP contribution in [-0.2, 0) is 11.2 Å². The Bertz CT molecular complexity index is 629. The van der Waals surface area contributed by atoms with E-state index in [0.29, 0.717) is 12.1 Å². The van der Waals surface area contributed by atoms with E-state index in [9.17, 15) is 13.6 Å². The second-order valence-corrected chi connectivity index (χ2v) is 4.39. The van der Waals surface area contributed by atoms with Crippen LogP contribution in [-0.4, -0.2) is 5.91 Å². The molecule has 0 atom stereocenters. The average Bonchev–Trinajstić information content (AvgIpc) is 2.42. The minimum absolute atomic E-state index is 0.150. The second kappa shape index (κ2) is 6.14. The van der Waals surface area contributed by atoms with Crippen LogP contribution in [0.25, 0.3) is 0 Å². The van der Waals surface area contributed by atoms with Crippen molar-refractivity contribution in [3.63, 3.8) is 0 Å². The summed E-state index contributed by atoms with van der Waals surface area (Å²) in [6.07, 6.45) is 0.646. The van der Waals surface area contributed by atoms with Gasteiger partial charge in [0.1, 0.15) is 0 Å². The highest BCUT2D eigenvalue weighted by Gasteiger charge is 2.10. The van der Waals surface area contributed by atoms with Gasteiger partial charge in [0.05, 0.1) is 5.69 Å². The van der Waals surface area contributed by atoms with Gasteiger partial charge in [-0.1, -0.05) is 18.2 Å². The van der Waals surface area contributed by atoms with Crippen molar-refractivity contribution < 1.29 is 13.6 Å². The van der Waals surface area contributed by atoms with Crippen LogP contribution in [0.15, 0.2) is 42.5 Å². The quantitative estimate of drug-likeness (QED) is 0.843. The molecule has 0 aromatic heterocycles. The first-order valence-corrected chi connectivity index (χ1v) is 6.14. The van der Waals surface area contributed by atoms with E-state index in [-0.39, 0.29) is 18.0 Å². The molecule has 0 fully saturated rings. The number of hydrogen-bond acceptors (Lipinski definition) is 2. The molecule has 0 radical (unpaired) electrons. The lowest BCUT2D eigenvalue weighted by Gasteiger charge is -2.07. The van der Waals surface area contributed by atoms with E-state index >= 15 is 0 Å². The van der Waals surface area contributed by atoms with E-state index in [1.54, 1.807) is 18.2 Å². The Morgan fingerprint density at radius 1 is 1.15 bits per heavy atom. The summed E-state index contributed by atoms with van der Waals surface area (Å²) in [5, 5.41) is 2.35. The van der Waals surface area contributed by atoms with Gasteiger partial charge in [0, 0.05) is 12.1 Å². The standard InChI is InChI=1S/C15H14F2N2O/c16-12-5-2-6-13(15(12)17)19-14(20)8-7-10-3-1-4-11(18)9-10/h1-6,9H,7-8,18H2,(H,19,20). The lowest BCUT2D eigenvalue weighted by atomic mass is 10.1. The topological polar surface area (TPSA) is 55.1 Å². The molecule has 0 spiro atoms. The van der Waals surface area contributed by atoms with Crippen LogP contribution >= 0.6 is 0 Å². The Labute approximate surface area is 115 Å². The van der Waals surface area contributed by atoms with Crippen LogP contribution in [0, 0.1) is 11.6 Å². The third-order valence-corrected chi connectivity index (χ3v) is 2.82. The molecular weight excluding hydrogens is 262 g/mol. The number of aryl methyl sites for hydroxylation is 1. The van der Waals surface area contributed by atoms with Gasteiger partial charge in [0.25, 0.3) is 0 Å². The second-order valence-electron chi connectivity index (χ2n) is 4.39. The van der Waals surface area contributed by atoms with E-state index in [2.05, 4.69) is 5.32 Å².